The van der Waals surface area contributed by atoms with E-state index in [1.165, 1.54) is 0 Å². The zero-order valence-corrected chi connectivity index (χ0v) is 14.5. The van der Waals surface area contributed by atoms with E-state index in [0.29, 0.717) is 12.1 Å². The number of rotatable bonds is 2. The van der Waals surface area contributed by atoms with Crippen LogP contribution in [0.3, 0.4) is 0 Å². The van der Waals surface area contributed by atoms with Crippen LogP contribution in [0.2, 0.25) is 0 Å². The van der Waals surface area contributed by atoms with E-state index in [-0.39, 0.29) is 11.6 Å². The Morgan fingerprint density at radius 3 is 2.36 bits per heavy atom. The molecule has 0 radical (unpaired) electrons. The Balaban J connectivity index is 1.94. The molecule has 1 aliphatic heterocycles. The van der Waals surface area contributed by atoms with E-state index in [4.69, 9.17) is 4.74 Å². The Morgan fingerprint density at radius 1 is 1.04 bits per heavy atom. The number of benzene rings is 2. The number of anilines is 1. The van der Waals surface area contributed by atoms with Crippen molar-refractivity contribution in [3.05, 3.63) is 65.7 Å². The Labute approximate surface area is 146 Å². The van der Waals surface area contributed by atoms with Gasteiger partial charge < -0.3 is 9.64 Å². The molecule has 0 bridgehead atoms. The second-order valence-corrected chi connectivity index (χ2v) is 6.83. The molecule has 2 amide bonds. The van der Waals surface area contributed by atoms with E-state index in [1.807, 2.05) is 48.5 Å². The van der Waals surface area contributed by atoms with Crippen LogP contribution in [0.15, 0.2) is 59.6 Å². The van der Waals surface area contributed by atoms with Gasteiger partial charge in [0, 0.05) is 5.56 Å². The number of para-hydroxylation sites is 1. The summed E-state index contributed by atoms with van der Waals surface area (Å²) in [4.78, 5) is 30.5. The minimum absolute atomic E-state index is 0.126. The number of aliphatic imine (C=N–C) groups is 1. The first kappa shape index (κ1) is 16.9. The second kappa shape index (κ2) is 6.51. The molecule has 2 aromatic carbocycles. The number of ether oxygens (including phenoxy) is 1. The largest absolute Gasteiger partial charge is 0.442 e. The van der Waals surface area contributed by atoms with Gasteiger partial charge in [0.1, 0.15) is 11.3 Å². The lowest BCUT2D eigenvalue weighted by atomic mass is 10.1. The molecule has 25 heavy (non-hydrogen) atoms. The summed E-state index contributed by atoms with van der Waals surface area (Å²) in [6, 6.07) is 17.0. The summed E-state index contributed by atoms with van der Waals surface area (Å²) in [6.07, 6.45) is -0.757. The van der Waals surface area contributed by atoms with Crippen LogP contribution in [0.4, 0.5) is 10.5 Å². The van der Waals surface area contributed by atoms with Gasteiger partial charge >= 0.3 is 6.09 Å². The average molecular weight is 336 g/mol. The number of hydrogen-bond acceptors (Lipinski definition) is 3. The van der Waals surface area contributed by atoms with Crippen LogP contribution in [0.5, 0.6) is 0 Å². The predicted octanol–water partition coefficient (Wildman–Crippen LogP) is 3.96. The molecule has 1 heterocycles. The average Bonchev–Trinajstić information content (AvgIpc) is 2.80. The summed E-state index contributed by atoms with van der Waals surface area (Å²) in [5, 5.41) is 0. The lowest BCUT2D eigenvalue weighted by molar-refractivity contribution is -0.112. The van der Waals surface area contributed by atoms with Crippen LogP contribution in [0.1, 0.15) is 31.9 Å². The molecule has 1 aliphatic rings. The van der Waals surface area contributed by atoms with Gasteiger partial charge in [-0.1, -0.05) is 48.5 Å². The van der Waals surface area contributed by atoms with Gasteiger partial charge in [0.05, 0.1) is 12.2 Å². The smallest absolute Gasteiger partial charge is 0.434 e. The molecular formula is C20H20N2O3. The van der Waals surface area contributed by atoms with E-state index in [1.54, 1.807) is 31.7 Å². The molecule has 0 aromatic heterocycles. The summed E-state index contributed by atoms with van der Waals surface area (Å²) >= 11 is 0. The summed E-state index contributed by atoms with van der Waals surface area (Å²) in [6.45, 7) is 5.70. The standard InChI is InChI=1S/C20H20N2O3/c1-20(2,3)25-19(24)21-17-15-11-7-8-12-16(15)22(18(17)23)13-14-9-5-4-6-10-14/h4-12H,13H2,1-3H3/b21-17+. The third-order valence-corrected chi connectivity index (χ3v) is 3.68. The van der Waals surface area contributed by atoms with Gasteiger partial charge in [0.15, 0.2) is 0 Å². The molecule has 0 spiro atoms. The SMILES string of the molecule is CC(C)(C)OC(=O)/N=C1/C(=O)N(Cc2ccccc2)c2ccccc21. The third-order valence-electron chi connectivity index (χ3n) is 3.68. The molecule has 0 saturated heterocycles. The number of carbonyl (C=O) groups is 2. The Kier molecular flexibility index (Phi) is 4.40. The van der Waals surface area contributed by atoms with Crippen molar-refractivity contribution >= 4 is 23.4 Å². The van der Waals surface area contributed by atoms with Gasteiger partial charge in [-0.15, -0.1) is 0 Å². The molecule has 128 valence electrons. The van der Waals surface area contributed by atoms with Crippen LogP contribution in [0.25, 0.3) is 0 Å². The van der Waals surface area contributed by atoms with Gasteiger partial charge in [-0.3, -0.25) is 4.79 Å². The summed E-state index contributed by atoms with van der Waals surface area (Å²) in [5.41, 5.74) is 1.87. The Bertz CT molecular complexity index is 836. The van der Waals surface area contributed by atoms with Gasteiger partial charge in [-0.2, -0.15) is 4.99 Å². The highest BCUT2D eigenvalue weighted by Crippen LogP contribution is 2.30. The lowest BCUT2D eigenvalue weighted by Crippen LogP contribution is -2.30. The monoisotopic (exact) mass is 336 g/mol. The summed E-state index contributed by atoms with van der Waals surface area (Å²) in [7, 11) is 0. The minimum atomic E-state index is -0.757. The second-order valence-electron chi connectivity index (χ2n) is 6.83. The molecule has 2 aromatic rings. The number of amides is 2. The zero-order chi connectivity index (χ0) is 18.0. The molecule has 0 unspecified atom stereocenters. The molecular weight excluding hydrogens is 316 g/mol. The molecule has 5 heteroatoms. The molecule has 3 rings (SSSR count). The number of nitrogens with zero attached hydrogens (tertiary/aromatic N) is 2. The van der Waals surface area contributed by atoms with Crippen LogP contribution in [-0.2, 0) is 16.1 Å². The summed E-state index contributed by atoms with van der Waals surface area (Å²) < 4.78 is 5.22. The van der Waals surface area contributed by atoms with E-state index >= 15 is 0 Å². The first-order valence-corrected chi connectivity index (χ1v) is 8.12. The van der Waals surface area contributed by atoms with E-state index in [2.05, 4.69) is 4.99 Å². The maximum atomic E-state index is 12.9. The normalized spacial score (nSPS) is 15.4. The quantitative estimate of drug-likeness (QED) is 0.834. The molecule has 0 N–H and O–H groups in total. The van der Waals surface area contributed by atoms with Crippen molar-refractivity contribution in [2.45, 2.75) is 32.9 Å². The Hall–Kier alpha value is -2.95. The highest BCUT2D eigenvalue weighted by atomic mass is 16.6. The van der Waals surface area contributed by atoms with Crippen LogP contribution in [-0.4, -0.2) is 23.3 Å². The maximum absolute atomic E-state index is 12.9. The third kappa shape index (κ3) is 3.76. The van der Waals surface area contributed by atoms with Crippen LogP contribution >= 0.6 is 0 Å². The predicted molar refractivity (Wildman–Crippen MR) is 96.8 cm³/mol. The highest BCUT2D eigenvalue weighted by Gasteiger charge is 2.34. The fourth-order valence-electron chi connectivity index (χ4n) is 2.67. The summed E-state index contributed by atoms with van der Waals surface area (Å²) in [5.74, 6) is -0.295. The number of fused-ring (bicyclic) bond motifs is 1. The molecule has 0 atom stereocenters. The van der Waals surface area contributed by atoms with E-state index < -0.39 is 11.7 Å². The topological polar surface area (TPSA) is 59.0 Å². The van der Waals surface area contributed by atoms with Crippen LogP contribution in [0, 0.1) is 0 Å². The Morgan fingerprint density at radius 2 is 1.68 bits per heavy atom. The first-order chi connectivity index (χ1) is 11.8. The minimum Gasteiger partial charge on any atom is -0.442 e. The fraction of sp³-hybridized carbons (Fsp3) is 0.250. The van der Waals surface area contributed by atoms with Crippen LogP contribution < -0.4 is 4.90 Å². The van der Waals surface area contributed by atoms with Gasteiger partial charge in [0.2, 0.25) is 0 Å². The maximum Gasteiger partial charge on any atom is 0.434 e. The van der Waals surface area contributed by atoms with Crippen molar-refractivity contribution in [2.24, 2.45) is 4.99 Å². The van der Waals surface area contributed by atoms with Crippen molar-refractivity contribution in [1.82, 2.24) is 0 Å². The van der Waals surface area contributed by atoms with Crippen molar-refractivity contribution in [1.29, 1.82) is 0 Å². The van der Waals surface area contributed by atoms with Gasteiger partial charge in [0.25, 0.3) is 5.91 Å². The van der Waals surface area contributed by atoms with Crippen molar-refractivity contribution < 1.29 is 14.3 Å². The molecule has 5 nitrogen and oxygen atoms in total. The first-order valence-electron chi connectivity index (χ1n) is 8.12. The van der Waals surface area contributed by atoms with Crippen molar-refractivity contribution in [3.8, 4) is 0 Å². The zero-order valence-electron chi connectivity index (χ0n) is 14.5. The molecule has 0 saturated carbocycles. The van der Waals surface area contributed by atoms with Gasteiger partial charge in [-0.05, 0) is 32.4 Å². The number of hydrogen-bond donors (Lipinski definition) is 0. The van der Waals surface area contributed by atoms with Crippen molar-refractivity contribution in [3.63, 3.8) is 0 Å². The molecule has 0 aliphatic carbocycles. The number of carbonyl (C=O) groups excluding carboxylic acids is 2. The molecule has 0 fully saturated rings. The van der Waals surface area contributed by atoms with Crippen molar-refractivity contribution in [2.75, 3.05) is 4.90 Å². The van der Waals surface area contributed by atoms with E-state index in [0.717, 1.165) is 11.3 Å². The fourth-order valence-corrected chi connectivity index (χ4v) is 2.67. The van der Waals surface area contributed by atoms with Gasteiger partial charge in [-0.25, -0.2) is 4.79 Å². The van der Waals surface area contributed by atoms with E-state index in [9.17, 15) is 9.59 Å². The lowest BCUT2D eigenvalue weighted by Gasteiger charge is -2.17. The highest BCUT2D eigenvalue weighted by molar-refractivity contribution is 6.55.